The van der Waals surface area contributed by atoms with E-state index in [0.29, 0.717) is 13.0 Å². The molecule has 2 rings (SSSR count). The molecule has 0 saturated heterocycles. The molecule has 94 valence electrons. The Hall–Kier alpha value is -0.900. The van der Waals surface area contributed by atoms with Crippen LogP contribution in [0.15, 0.2) is 0 Å². The number of nitrogens with zero attached hydrogens (tertiary/aromatic N) is 1. The zero-order valence-electron chi connectivity index (χ0n) is 10.3. The van der Waals surface area contributed by atoms with E-state index in [1.807, 2.05) is 6.92 Å². The first-order valence-electron chi connectivity index (χ1n) is 6.42. The van der Waals surface area contributed by atoms with Crippen LogP contribution in [0.4, 0.5) is 0 Å². The molecule has 0 aromatic carbocycles. The van der Waals surface area contributed by atoms with Gasteiger partial charge in [-0.2, -0.15) is 0 Å². The maximum Gasteiger partial charge on any atom is 0.312 e. The number of hydrogen-bond donors (Lipinski definition) is 0. The first-order valence-corrected chi connectivity index (χ1v) is 7.24. The van der Waals surface area contributed by atoms with Crippen LogP contribution < -0.4 is 0 Å². The Labute approximate surface area is 106 Å². The number of aromatic nitrogens is 1. The van der Waals surface area contributed by atoms with Gasteiger partial charge in [-0.15, -0.1) is 11.3 Å². The number of aryl methyl sites for hydroxylation is 2. The molecule has 0 bridgehead atoms. The third-order valence-corrected chi connectivity index (χ3v) is 4.15. The molecule has 17 heavy (non-hydrogen) atoms. The van der Waals surface area contributed by atoms with E-state index in [9.17, 15) is 4.79 Å². The Bertz CT molecular complexity index is 361. The van der Waals surface area contributed by atoms with Crippen LogP contribution in [0.25, 0.3) is 0 Å². The van der Waals surface area contributed by atoms with Crippen molar-refractivity contribution in [1.82, 2.24) is 4.98 Å². The normalized spacial score (nSPS) is 15.8. The molecule has 0 fully saturated rings. The van der Waals surface area contributed by atoms with Gasteiger partial charge in [0.1, 0.15) is 5.01 Å². The molecule has 0 unspecified atom stereocenters. The average molecular weight is 253 g/mol. The Balaban J connectivity index is 2.04. The quantitative estimate of drug-likeness (QED) is 0.777. The molecule has 4 heteroatoms. The highest BCUT2D eigenvalue weighted by Crippen LogP contribution is 2.25. The van der Waals surface area contributed by atoms with Crippen LogP contribution >= 0.6 is 11.3 Å². The molecule has 0 N–H and O–H groups in total. The molecule has 1 aromatic heterocycles. The minimum Gasteiger partial charge on any atom is -0.466 e. The largest absolute Gasteiger partial charge is 0.466 e. The topological polar surface area (TPSA) is 39.2 Å². The second kappa shape index (κ2) is 6.15. The minimum absolute atomic E-state index is 0.158. The zero-order valence-corrected chi connectivity index (χ0v) is 11.1. The predicted molar refractivity (Wildman–Crippen MR) is 68.3 cm³/mol. The van der Waals surface area contributed by atoms with E-state index < -0.39 is 0 Å². The summed E-state index contributed by atoms with van der Waals surface area (Å²) in [4.78, 5) is 17.4. The van der Waals surface area contributed by atoms with Crippen molar-refractivity contribution in [3.05, 3.63) is 15.6 Å². The second-order valence-corrected chi connectivity index (χ2v) is 5.54. The summed E-state index contributed by atoms with van der Waals surface area (Å²) in [5.74, 6) is -0.158. The molecule has 0 aliphatic heterocycles. The van der Waals surface area contributed by atoms with Gasteiger partial charge in [0.05, 0.1) is 18.7 Å². The number of rotatable bonds is 3. The Morgan fingerprint density at radius 2 is 2.06 bits per heavy atom. The number of hydrogen-bond acceptors (Lipinski definition) is 4. The number of carbonyl (C=O) groups excluding carboxylic acids is 1. The Kier molecular flexibility index (Phi) is 4.54. The smallest absolute Gasteiger partial charge is 0.312 e. The highest BCUT2D eigenvalue weighted by Gasteiger charge is 2.15. The summed E-state index contributed by atoms with van der Waals surface area (Å²) in [6.07, 6.45) is 7.67. The SMILES string of the molecule is CCOC(=O)Cc1nc2c(s1)CCCCCC2. The third kappa shape index (κ3) is 3.53. The van der Waals surface area contributed by atoms with Crippen molar-refractivity contribution in [2.75, 3.05) is 6.61 Å². The monoisotopic (exact) mass is 253 g/mol. The van der Waals surface area contributed by atoms with Gasteiger partial charge in [-0.25, -0.2) is 4.98 Å². The summed E-state index contributed by atoms with van der Waals surface area (Å²) in [7, 11) is 0. The third-order valence-electron chi connectivity index (χ3n) is 2.99. The first-order chi connectivity index (χ1) is 8.29. The highest BCUT2D eigenvalue weighted by molar-refractivity contribution is 7.11. The van der Waals surface area contributed by atoms with Crippen molar-refractivity contribution in [1.29, 1.82) is 0 Å². The van der Waals surface area contributed by atoms with Gasteiger partial charge in [0.2, 0.25) is 0 Å². The van der Waals surface area contributed by atoms with Crippen molar-refractivity contribution in [2.45, 2.75) is 51.9 Å². The lowest BCUT2D eigenvalue weighted by atomic mass is 10.0. The molecule has 0 saturated carbocycles. The van der Waals surface area contributed by atoms with Crippen molar-refractivity contribution < 1.29 is 9.53 Å². The second-order valence-electron chi connectivity index (χ2n) is 4.37. The van der Waals surface area contributed by atoms with E-state index >= 15 is 0 Å². The van der Waals surface area contributed by atoms with Gasteiger partial charge < -0.3 is 4.74 Å². The lowest BCUT2D eigenvalue weighted by molar-refractivity contribution is -0.142. The summed E-state index contributed by atoms with van der Waals surface area (Å²) >= 11 is 1.70. The maximum absolute atomic E-state index is 11.4. The number of ether oxygens (including phenoxy) is 1. The molecule has 0 amide bonds. The van der Waals surface area contributed by atoms with Gasteiger partial charge in [-0.05, 0) is 32.6 Å². The van der Waals surface area contributed by atoms with Crippen LogP contribution in [0.2, 0.25) is 0 Å². The average Bonchev–Trinajstić information content (AvgIpc) is 2.60. The van der Waals surface area contributed by atoms with Crippen LogP contribution in [0.1, 0.15) is 48.2 Å². The molecule has 0 spiro atoms. The molecule has 1 aromatic rings. The Morgan fingerprint density at radius 1 is 1.29 bits per heavy atom. The lowest BCUT2D eigenvalue weighted by Gasteiger charge is -2.06. The fourth-order valence-corrected chi connectivity index (χ4v) is 3.31. The molecular formula is C13H19NO2S. The number of fused-ring (bicyclic) bond motifs is 1. The molecule has 1 heterocycles. The number of esters is 1. The predicted octanol–water partition coefficient (Wildman–Crippen LogP) is 2.91. The molecule has 1 aliphatic carbocycles. The number of carbonyl (C=O) groups is 1. The standard InChI is InChI=1S/C13H19NO2S/c1-2-16-13(15)9-12-14-10-7-5-3-4-6-8-11(10)17-12/h2-9H2,1H3. The van der Waals surface area contributed by atoms with E-state index in [2.05, 4.69) is 4.98 Å². The fraction of sp³-hybridized carbons (Fsp3) is 0.692. The van der Waals surface area contributed by atoms with E-state index in [4.69, 9.17) is 4.74 Å². The number of thiazole rings is 1. The van der Waals surface area contributed by atoms with E-state index in [-0.39, 0.29) is 5.97 Å². The summed E-state index contributed by atoms with van der Waals surface area (Å²) < 4.78 is 4.95. The van der Waals surface area contributed by atoms with Crippen molar-refractivity contribution in [3.63, 3.8) is 0 Å². The Morgan fingerprint density at radius 3 is 2.82 bits per heavy atom. The van der Waals surface area contributed by atoms with Crippen molar-refractivity contribution in [3.8, 4) is 0 Å². The van der Waals surface area contributed by atoms with Gasteiger partial charge >= 0.3 is 5.97 Å². The van der Waals surface area contributed by atoms with Crippen LogP contribution in [0, 0.1) is 0 Å². The molecule has 1 aliphatic rings. The van der Waals surface area contributed by atoms with Crippen molar-refractivity contribution in [2.24, 2.45) is 0 Å². The highest BCUT2D eigenvalue weighted by atomic mass is 32.1. The van der Waals surface area contributed by atoms with Crippen LogP contribution in [0.3, 0.4) is 0 Å². The van der Waals surface area contributed by atoms with Gasteiger partial charge in [0, 0.05) is 4.88 Å². The molecule has 3 nitrogen and oxygen atoms in total. The van der Waals surface area contributed by atoms with Gasteiger partial charge in [-0.1, -0.05) is 12.8 Å². The van der Waals surface area contributed by atoms with E-state index in [1.165, 1.54) is 36.3 Å². The van der Waals surface area contributed by atoms with Crippen LogP contribution in [0.5, 0.6) is 0 Å². The van der Waals surface area contributed by atoms with Crippen LogP contribution in [-0.4, -0.2) is 17.6 Å². The van der Waals surface area contributed by atoms with Gasteiger partial charge in [0.15, 0.2) is 0 Å². The summed E-state index contributed by atoms with van der Waals surface area (Å²) in [5.41, 5.74) is 1.23. The molecule has 0 radical (unpaired) electrons. The summed E-state index contributed by atoms with van der Waals surface area (Å²) in [6.45, 7) is 2.28. The zero-order chi connectivity index (χ0) is 12.1. The molecular weight excluding hydrogens is 234 g/mol. The maximum atomic E-state index is 11.4. The van der Waals surface area contributed by atoms with Crippen LogP contribution in [-0.2, 0) is 28.8 Å². The van der Waals surface area contributed by atoms with E-state index in [1.54, 1.807) is 11.3 Å². The van der Waals surface area contributed by atoms with Gasteiger partial charge in [0.25, 0.3) is 0 Å². The first kappa shape index (κ1) is 12.6. The fourth-order valence-electron chi connectivity index (χ4n) is 2.17. The lowest BCUT2D eigenvalue weighted by Crippen LogP contribution is -2.07. The molecule has 0 atom stereocenters. The van der Waals surface area contributed by atoms with E-state index in [0.717, 1.165) is 17.8 Å². The summed E-state index contributed by atoms with van der Waals surface area (Å²) in [5, 5.41) is 0.926. The van der Waals surface area contributed by atoms with Gasteiger partial charge in [-0.3, -0.25) is 4.79 Å². The minimum atomic E-state index is -0.158. The summed E-state index contributed by atoms with van der Waals surface area (Å²) in [6, 6.07) is 0. The van der Waals surface area contributed by atoms with Crippen molar-refractivity contribution >= 4 is 17.3 Å².